The third-order valence-corrected chi connectivity index (χ3v) is 7.42. The fourth-order valence-corrected chi connectivity index (χ4v) is 5.22. The Bertz CT molecular complexity index is 1160. The highest BCUT2D eigenvalue weighted by Crippen LogP contribution is 2.25. The highest BCUT2D eigenvalue weighted by Gasteiger charge is 2.28. The summed E-state index contributed by atoms with van der Waals surface area (Å²) in [6, 6.07) is 24.6. The second-order valence-corrected chi connectivity index (χ2v) is 10.3. The molecule has 1 saturated carbocycles. The number of carbonyl (C=O) groups is 2. The minimum atomic E-state index is -0.105. The highest BCUT2D eigenvalue weighted by atomic mass is 16.2. The molecule has 5 heteroatoms. The Labute approximate surface area is 227 Å². The molecule has 0 aliphatic heterocycles. The van der Waals surface area contributed by atoms with E-state index in [0.29, 0.717) is 13.1 Å². The van der Waals surface area contributed by atoms with Crippen molar-refractivity contribution >= 4 is 17.9 Å². The molecule has 1 aromatic heterocycles. The van der Waals surface area contributed by atoms with E-state index < -0.39 is 0 Å². The Morgan fingerprint density at radius 1 is 0.921 bits per heavy atom. The Kier molecular flexibility index (Phi) is 10.4. The minimum absolute atomic E-state index is 0.0434. The van der Waals surface area contributed by atoms with Gasteiger partial charge in [0.15, 0.2) is 0 Å². The molecule has 0 saturated heterocycles. The van der Waals surface area contributed by atoms with Gasteiger partial charge in [0.1, 0.15) is 6.54 Å². The number of benzene rings is 2. The highest BCUT2D eigenvalue weighted by molar-refractivity contribution is 5.94. The first kappa shape index (κ1) is 27.4. The second kappa shape index (κ2) is 14.4. The SMILES string of the molecule is CCCCN(CC(=O)N(Cc1cccn1Cc1ccccc1)C1CCCCC1)C(=O)/C=C/c1ccccc1. The number of rotatable bonds is 12. The lowest BCUT2D eigenvalue weighted by atomic mass is 9.94. The van der Waals surface area contributed by atoms with Gasteiger partial charge >= 0.3 is 0 Å². The summed E-state index contributed by atoms with van der Waals surface area (Å²) in [6.07, 6.45) is 13.0. The van der Waals surface area contributed by atoms with Crippen LogP contribution in [0.15, 0.2) is 85.1 Å². The fourth-order valence-electron chi connectivity index (χ4n) is 5.22. The van der Waals surface area contributed by atoms with Crippen LogP contribution >= 0.6 is 0 Å². The Morgan fingerprint density at radius 2 is 1.63 bits per heavy atom. The number of hydrogen-bond donors (Lipinski definition) is 0. The molecular weight excluding hydrogens is 470 g/mol. The smallest absolute Gasteiger partial charge is 0.247 e. The van der Waals surface area contributed by atoms with Crippen LogP contribution in [0, 0.1) is 0 Å². The molecule has 1 aliphatic rings. The zero-order chi connectivity index (χ0) is 26.6. The number of unbranched alkanes of at least 4 members (excludes halogenated alkanes) is 1. The van der Waals surface area contributed by atoms with Gasteiger partial charge in [0.2, 0.25) is 11.8 Å². The molecule has 38 heavy (non-hydrogen) atoms. The van der Waals surface area contributed by atoms with Crippen LogP contribution in [0.5, 0.6) is 0 Å². The maximum Gasteiger partial charge on any atom is 0.247 e. The summed E-state index contributed by atoms with van der Waals surface area (Å²) < 4.78 is 2.24. The van der Waals surface area contributed by atoms with E-state index in [4.69, 9.17) is 0 Å². The van der Waals surface area contributed by atoms with Crippen molar-refractivity contribution in [2.45, 2.75) is 71.0 Å². The summed E-state index contributed by atoms with van der Waals surface area (Å²) in [4.78, 5) is 30.9. The number of hydrogen-bond acceptors (Lipinski definition) is 2. The molecule has 0 unspecified atom stereocenters. The third-order valence-electron chi connectivity index (χ3n) is 7.42. The standard InChI is InChI=1S/C33H41N3O2/c1-2-3-23-35(32(37)22-21-28-14-7-4-8-15-28)27-33(38)36(30-18-11-6-12-19-30)26-31-20-13-24-34(31)25-29-16-9-5-10-17-29/h4-5,7-10,13-17,20-22,24,30H,2-3,6,11-12,18-19,23,25-27H2,1H3/b22-21+. The van der Waals surface area contributed by atoms with Crippen molar-refractivity contribution in [2.24, 2.45) is 0 Å². The van der Waals surface area contributed by atoms with Crippen LogP contribution < -0.4 is 0 Å². The topological polar surface area (TPSA) is 45.6 Å². The van der Waals surface area contributed by atoms with Gasteiger partial charge in [-0.15, -0.1) is 0 Å². The molecule has 3 aromatic rings. The molecule has 2 amide bonds. The van der Waals surface area contributed by atoms with Gasteiger partial charge in [0, 0.05) is 37.1 Å². The van der Waals surface area contributed by atoms with Crippen LogP contribution in [0.2, 0.25) is 0 Å². The second-order valence-electron chi connectivity index (χ2n) is 10.3. The molecule has 1 fully saturated rings. The molecule has 0 N–H and O–H groups in total. The van der Waals surface area contributed by atoms with Crippen molar-refractivity contribution < 1.29 is 9.59 Å². The van der Waals surface area contributed by atoms with E-state index in [-0.39, 0.29) is 24.4 Å². The van der Waals surface area contributed by atoms with Gasteiger partial charge in [-0.1, -0.05) is 93.3 Å². The zero-order valence-corrected chi connectivity index (χ0v) is 22.7. The zero-order valence-electron chi connectivity index (χ0n) is 22.7. The average Bonchev–Trinajstić information content (AvgIpc) is 3.40. The molecule has 4 rings (SSSR count). The van der Waals surface area contributed by atoms with E-state index in [1.54, 1.807) is 11.0 Å². The first-order valence-electron chi connectivity index (χ1n) is 14.1. The van der Waals surface area contributed by atoms with E-state index >= 15 is 0 Å². The predicted molar refractivity (Wildman–Crippen MR) is 154 cm³/mol. The predicted octanol–water partition coefficient (Wildman–Crippen LogP) is 6.54. The molecule has 1 heterocycles. The van der Waals surface area contributed by atoms with Crippen LogP contribution in [0.4, 0.5) is 0 Å². The van der Waals surface area contributed by atoms with Crippen molar-refractivity contribution in [1.29, 1.82) is 0 Å². The normalized spacial score (nSPS) is 14.0. The first-order valence-corrected chi connectivity index (χ1v) is 14.1. The number of aromatic nitrogens is 1. The summed E-state index contributed by atoms with van der Waals surface area (Å²) in [6.45, 7) is 4.16. The maximum absolute atomic E-state index is 13.9. The third kappa shape index (κ3) is 7.95. The van der Waals surface area contributed by atoms with Gasteiger partial charge in [0.05, 0.1) is 6.54 Å². The monoisotopic (exact) mass is 511 g/mol. The van der Waals surface area contributed by atoms with Crippen LogP contribution in [0.25, 0.3) is 6.08 Å². The molecule has 200 valence electrons. The summed E-state index contributed by atoms with van der Waals surface area (Å²) in [5.74, 6) is -0.0615. The van der Waals surface area contributed by atoms with E-state index in [2.05, 4.69) is 59.0 Å². The number of carbonyl (C=O) groups excluding carboxylic acids is 2. The quantitative estimate of drug-likeness (QED) is 0.259. The fraction of sp³-hybridized carbons (Fsp3) is 0.394. The van der Waals surface area contributed by atoms with Crippen LogP contribution in [0.3, 0.4) is 0 Å². The van der Waals surface area contributed by atoms with Crippen molar-refractivity contribution in [1.82, 2.24) is 14.4 Å². The van der Waals surface area contributed by atoms with Crippen molar-refractivity contribution in [3.63, 3.8) is 0 Å². The van der Waals surface area contributed by atoms with Gasteiger partial charge in [-0.05, 0) is 48.6 Å². The molecule has 0 atom stereocenters. The Morgan fingerprint density at radius 3 is 2.34 bits per heavy atom. The van der Waals surface area contributed by atoms with Gasteiger partial charge < -0.3 is 14.4 Å². The molecule has 1 aliphatic carbocycles. The molecule has 0 radical (unpaired) electrons. The van der Waals surface area contributed by atoms with Gasteiger partial charge in [-0.3, -0.25) is 9.59 Å². The van der Waals surface area contributed by atoms with Crippen molar-refractivity contribution in [3.8, 4) is 0 Å². The molecule has 2 aromatic carbocycles. The van der Waals surface area contributed by atoms with Gasteiger partial charge in [-0.2, -0.15) is 0 Å². The molecular formula is C33H41N3O2. The minimum Gasteiger partial charge on any atom is -0.345 e. The average molecular weight is 512 g/mol. The Hall–Kier alpha value is -3.60. The van der Waals surface area contributed by atoms with Crippen molar-refractivity contribution in [2.75, 3.05) is 13.1 Å². The lowest BCUT2D eigenvalue weighted by molar-refractivity contribution is -0.141. The van der Waals surface area contributed by atoms with Gasteiger partial charge in [-0.25, -0.2) is 0 Å². The summed E-state index contributed by atoms with van der Waals surface area (Å²) in [7, 11) is 0. The van der Waals surface area contributed by atoms with E-state index in [1.165, 1.54) is 12.0 Å². The van der Waals surface area contributed by atoms with Crippen LogP contribution in [0.1, 0.15) is 68.7 Å². The van der Waals surface area contributed by atoms with E-state index in [9.17, 15) is 9.59 Å². The van der Waals surface area contributed by atoms with E-state index in [1.807, 2.05) is 42.5 Å². The number of nitrogens with zero attached hydrogens (tertiary/aromatic N) is 3. The van der Waals surface area contributed by atoms with Crippen LogP contribution in [-0.2, 0) is 22.7 Å². The van der Waals surface area contributed by atoms with E-state index in [0.717, 1.165) is 56.3 Å². The number of amides is 2. The summed E-state index contributed by atoms with van der Waals surface area (Å²) >= 11 is 0. The van der Waals surface area contributed by atoms with Crippen LogP contribution in [-0.4, -0.2) is 45.3 Å². The molecule has 0 spiro atoms. The summed E-state index contributed by atoms with van der Waals surface area (Å²) in [5, 5.41) is 0. The first-order chi connectivity index (χ1) is 18.6. The maximum atomic E-state index is 13.9. The Balaban J connectivity index is 1.50. The lowest BCUT2D eigenvalue weighted by Gasteiger charge is -2.36. The summed E-state index contributed by atoms with van der Waals surface area (Å²) in [5.41, 5.74) is 3.34. The molecule has 5 nitrogen and oxygen atoms in total. The molecule has 0 bridgehead atoms. The van der Waals surface area contributed by atoms with Gasteiger partial charge in [0.25, 0.3) is 0 Å². The lowest BCUT2D eigenvalue weighted by Crippen LogP contribution is -2.47. The largest absolute Gasteiger partial charge is 0.345 e. The van der Waals surface area contributed by atoms with Crippen molar-refractivity contribution in [3.05, 3.63) is 102 Å².